The molecular weight excluding hydrogens is 465 g/mol. The third-order valence-corrected chi connectivity index (χ3v) is 5.51. The van der Waals surface area contributed by atoms with Gasteiger partial charge in [0.2, 0.25) is 0 Å². The van der Waals surface area contributed by atoms with Crippen molar-refractivity contribution in [1.29, 1.82) is 0 Å². The highest BCUT2D eigenvalue weighted by atomic mass is 35.5. The molecule has 0 aliphatic carbocycles. The molecule has 1 aliphatic rings. The van der Waals surface area contributed by atoms with Crippen LogP contribution < -0.4 is 10.1 Å². The number of halogens is 2. The van der Waals surface area contributed by atoms with Crippen LogP contribution in [0.15, 0.2) is 65.3 Å². The second-order valence-corrected chi connectivity index (χ2v) is 7.98. The predicted octanol–water partition coefficient (Wildman–Crippen LogP) is 3.69. The molecule has 0 spiro atoms. The van der Waals surface area contributed by atoms with Gasteiger partial charge in [-0.1, -0.05) is 17.7 Å². The number of rotatable bonds is 6. The molecule has 1 saturated heterocycles. The number of furan rings is 1. The molecule has 0 radical (unpaired) electrons. The Balaban J connectivity index is 1.27. The number of ether oxygens (including phenoxy) is 1. The topological polar surface area (TPSA) is 92.1 Å². The number of piperazine rings is 1. The van der Waals surface area contributed by atoms with Crippen LogP contribution in [-0.2, 0) is 4.79 Å². The summed E-state index contributed by atoms with van der Waals surface area (Å²) in [7, 11) is 0. The Bertz CT molecular complexity index is 1190. The molecule has 1 aromatic heterocycles. The zero-order valence-corrected chi connectivity index (χ0v) is 18.8. The fourth-order valence-corrected chi connectivity index (χ4v) is 3.66. The summed E-state index contributed by atoms with van der Waals surface area (Å²) < 4.78 is 24.7. The molecule has 34 heavy (non-hydrogen) atoms. The standard InChI is InChI=1S/C24H21ClFN3O5/c25-16-6-7-20(26)19(13-16)24(32)29-10-8-28(9-11-29)22(30)15-34-18-4-1-3-17(14-18)27-23(31)21-5-2-12-33-21/h1-7,12-14H,8-11,15H2,(H,27,31). The lowest BCUT2D eigenvalue weighted by molar-refractivity contribution is -0.134. The monoisotopic (exact) mass is 485 g/mol. The Morgan fingerprint density at radius 3 is 2.50 bits per heavy atom. The number of carbonyl (C=O) groups is 3. The first-order chi connectivity index (χ1) is 16.4. The summed E-state index contributed by atoms with van der Waals surface area (Å²) >= 11 is 5.88. The van der Waals surface area contributed by atoms with Gasteiger partial charge in [0.1, 0.15) is 11.6 Å². The van der Waals surface area contributed by atoms with Crippen molar-refractivity contribution in [2.45, 2.75) is 0 Å². The Labute approximate surface area is 199 Å². The van der Waals surface area contributed by atoms with E-state index in [0.717, 1.165) is 6.07 Å². The lowest BCUT2D eigenvalue weighted by Crippen LogP contribution is -2.51. The zero-order valence-electron chi connectivity index (χ0n) is 18.0. The fourth-order valence-electron chi connectivity index (χ4n) is 3.49. The van der Waals surface area contributed by atoms with Crippen LogP contribution in [0.3, 0.4) is 0 Å². The zero-order chi connectivity index (χ0) is 24.1. The Morgan fingerprint density at radius 1 is 1.00 bits per heavy atom. The molecule has 0 bridgehead atoms. The third-order valence-electron chi connectivity index (χ3n) is 5.28. The first kappa shape index (κ1) is 23.3. The molecule has 0 atom stereocenters. The number of hydrogen-bond donors (Lipinski definition) is 1. The maximum atomic E-state index is 14.0. The average Bonchev–Trinajstić information content (AvgIpc) is 3.39. The van der Waals surface area contributed by atoms with Gasteiger partial charge in [-0.05, 0) is 42.5 Å². The molecule has 0 saturated carbocycles. The highest BCUT2D eigenvalue weighted by Crippen LogP contribution is 2.20. The number of nitrogens with zero attached hydrogens (tertiary/aromatic N) is 2. The largest absolute Gasteiger partial charge is 0.484 e. The van der Waals surface area contributed by atoms with Crippen LogP contribution in [0.5, 0.6) is 5.75 Å². The summed E-state index contributed by atoms with van der Waals surface area (Å²) in [5.41, 5.74) is 0.404. The number of benzene rings is 2. The van der Waals surface area contributed by atoms with Crippen molar-refractivity contribution in [2.24, 2.45) is 0 Å². The maximum Gasteiger partial charge on any atom is 0.291 e. The van der Waals surface area contributed by atoms with Crippen LogP contribution in [0.1, 0.15) is 20.9 Å². The molecule has 1 N–H and O–H groups in total. The highest BCUT2D eigenvalue weighted by Gasteiger charge is 2.26. The van der Waals surface area contributed by atoms with Crippen molar-refractivity contribution in [1.82, 2.24) is 9.80 Å². The summed E-state index contributed by atoms with van der Waals surface area (Å²) in [5.74, 6) is -1.15. The normalized spacial score (nSPS) is 13.5. The molecule has 2 heterocycles. The lowest BCUT2D eigenvalue weighted by atomic mass is 10.1. The molecule has 1 fully saturated rings. The number of carbonyl (C=O) groups excluding carboxylic acids is 3. The van der Waals surface area contributed by atoms with E-state index in [2.05, 4.69) is 5.32 Å². The van der Waals surface area contributed by atoms with Crippen molar-refractivity contribution < 1.29 is 27.9 Å². The molecule has 1 aliphatic heterocycles. The van der Waals surface area contributed by atoms with E-state index in [1.54, 1.807) is 41.3 Å². The molecular formula is C24H21ClFN3O5. The molecule has 176 valence electrons. The predicted molar refractivity (Wildman–Crippen MR) is 122 cm³/mol. The van der Waals surface area contributed by atoms with Gasteiger partial charge in [0.25, 0.3) is 17.7 Å². The van der Waals surface area contributed by atoms with E-state index in [1.807, 2.05) is 0 Å². The quantitative estimate of drug-likeness (QED) is 0.575. The van der Waals surface area contributed by atoms with E-state index in [9.17, 15) is 18.8 Å². The molecule has 3 aromatic rings. The van der Waals surface area contributed by atoms with Gasteiger partial charge < -0.3 is 24.3 Å². The average molecular weight is 486 g/mol. The minimum atomic E-state index is -0.635. The number of amides is 3. The number of nitrogens with one attached hydrogen (secondary N) is 1. The van der Waals surface area contributed by atoms with Gasteiger partial charge in [0, 0.05) is 43.0 Å². The van der Waals surface area contributed by atoms with Crippen LogP contribution >= 0.6 is 11.6 Å². The van der Waals surface area contributed by atoms with E-state index >= 15 is 0 Å². The smallest absolute Gasteiger partial charge is 0.291 e. The second-order valence-electron chi connectivity index (χ2n) is 7.55. The van der Waals surface area contributed by atoms with Crippen molar-refractivity contribution in [3.05, 3.63) is 83.0 Å². The van der Waals surface area contributed by atoms with E-state index in [-0.39, 0.29) is 41.9 Å². The van der Waals surface area contributed by atoms with Crippen LogP contribution in [0.2, 0.25) is 5.02 Å². The molecule has 0 unspecified atom stereocenters. The number of anilines is 1. The first-order valence-corrected chi connectivity index (χ1v) is 10.9. The SMILES string of the molecule is O=C(Nc1cccc(OCC(=O)N2CCN(C(=O)c3cc(Cl)ccc3F)CC2)c1)c1ccco1. The van der Waals surface area contributed by atoms with Crippen LogP contribution in [0.25, 0.3) is 0 Å². The summed E-state index contributed by atoms with van der Waals surface area (Å²) in [4.78, 5) is 40.4. The Hall–Kier alpha value is -3.85. The van der Waals surface area contributed by atoms with E-state index in [0.29, 0.717) is 24.5 Å². The lowest BCUT2D eigenvalue weighted by Gasteiger charge is -2.34. The van der Waals surface area contributed by atoms with Crippen LogP contribution in [0.4, 0.5) is 10.1 Å². The van der Waals surface area contributed by atoms with Crippen molar-refractivity contribution in [3.63, 3.8) is 0 Å². The summed E-state index contributed by atoms with van der Waals surface area (Å²) in [6, 6.07) is 13.7. The third kappa shape index (κ3) is 5.55. The maximum absolute atomic E-state index is 14.0. The van der Waals surface area contributed by atoms with Crippen LogP contribution in [0, 0.1) is 5.82 Å². The molecule has 4 rings (SSSR count). The summed E-state index contributed by atoms with van der Waals surface area (Å²) in [6.07, 6.45) is 1.41. The molecule has 10 heteroatoms. The Morgan fingerprint density at radius 2 is 1.76 bits per heavy atom. The molecule has 3 amide bonds. The second kappa shape index (κ2) is 10.4. The fraction of sp³-hybridized carbons (Fsp3) is 0.208. The van der Waals surface area contributed by atoms with Gasteiger partial charge in [0.05, 0.1) is 11.8 Å². The van der Waals surface area contributed by atoms with Gasteiger partial charge in [-0.2, -0.15) is 0 Å². The van der Waals surface area contributed by atoms with Gasteiger partial charge in [-0.15, -0.1) is 0 Å². The van der Waals surface area contributed by atoms with Crippen molar-refractivity contribution in [2.75, 3.05) is 38.1 Å². The first-order valence-electron chi connectivity index (χ1n) is 10.5. The van der Waals surface area contributed by atoms with E-state index in [1.165, 1.54) is 23.3 Å². The van der Waals surface area contributed by atoms with Crippen molar-refractivity contribution in [3.8, 4) is 5.75 Å². The van der Waals surface area contributed by atoms with Gasteiger partial charge in [-0.3, -0.25) is 14.4 Å². The van der Waals surface area contributed by atoms with Crippen molar-refractivity contribution >= 4 is 35.0 Å². The number of hydrogen-bond acceptors (Lipinski definition) is 5. The summed E-state index contributed by atoms with van der Waals surface area (Å²) in [6.45, 7) is 0.937. The minimum Gasteiger partial charge on any atom is -0.484 e. The van der Waals surface area contributed by atoms with E-state index < -0.39 is 17.6 Å². The molecule has 2 aromatic carbocycles. The van der Waals surface area contributed by atoms with Gasteiger partial charge >= 0.3 is 0 Å². The summed E-state index contributed by atoms with van der Waals surface area (Å²) in [5, 5.41) is 2.97. The Kier molecular flexibility index (Phi) is 7.12. The molecule has 8 nitrogen and oxygen atoms in total. The minimum absolute atomic E-state index is 0.0883. The van der Waals surface area contributed by atoms with Crippen LogP contribution in [-0.4, -0.2) is 60.3 Å². The van der Waals surface area contributed by atoms with Gasteiger partial charge in [-0.25, -0.2) is 4.39 Å². The highest BCUT2D eigenvalue weighted by molar-refractivity contribution is 6.31. The van der Waals surface area contributed by atoms with Gasteiger partial charge in [0.15, 0.2) is 12.4 Å². The van der Waals surface area contributed by atoms with E-state index in [4.69, 9.17) is 20.8 Å².